The Balaban J connectivity index is 2.82. The topological polar surface area (TPSA) is 17.3 Å². The fourth-order valence-electron chi connectivity index (χ4n) is 1.31. The molecule has 0 aliphatic heterocycles. The molecule has 3 heteroatoms. The summed E-state index contributed by atoms with van der Waals surface area (Å²) in [5.74, 6) is 1.09. The van der Waals surface area contributed by atoms with E-state index in [1.54, 1.807) is 0 Å². The highest BCUT2D eigenvalue weighted by atomic mass is 79.9. The Labute approximate surface area is 79.4 Å². The molecule has 0 fully saturated rings. The number of halogens is 1. The van der Waals surface area contributed by atoms with Gasteiger partial charge in [-0.25, -0.2) is 4.98 Å². The molecule has 0 radical (unpaired) electrons. The number of aryl methyl sites for hydroxylation is 1. The van der Waals surface area contributed by atoms with E-state index >= 15 is 0 Å². The highest BCUT2D eigenvalue weighted by Crippen LogP contribution is 2.18. The lowest BCUT2D eigenvalue weighted by atomic mass is 10.4. The lowest BCUT2D eigenvalue weighted by Gasteiger charge is -1.95. The Morgan fingerprint density at radius 3 is 3.08 bits per heavy atom. The molecule has 0 aromatic carbocycles. The second-order valence-electron chi connectivity index (χ2n) is 2.63. The zero-order chi connectivity index (χ0) is 8.55. The maximum atomic E-state index is 4.39. The molecule has 62 valence electrons. The van der Waals surface area contributed by atoms with Crippen molar-refractivity contribution < 1.29 is 0 Å². The summed E-state index contributed by atoms with van der Waals surface area (Å²) in [6.45, 7) is 2.11. The van der Waals surface area contributed by atoms with Crippen molar-refractivity contribution in [3.63, 3.8) is 0 Å². The largest absolute Gasteiger partial charge is 0.303 e. The van der Waals surface area contributed by atoms with Crippen LogP contribution < -0.4 is 0 Å². The molecule has 2 rings (SSSR count). The minimum Gasteiger partial charge on any atom is -0.303 e. The van der Waals surface area contributed by atoms with E-state index in [2.05, 4.69) is 38.3 Å². The first-order valence-corrected chi connectivity index (χ1v) is 4.73. The van der Waals surface area contributed by atoms with Gasteiger partial charge in [0.25, 0.3) is 0 Å². The summed E-state index contributed by atoms with van der Waals surface area (Å²) in [6.07, 6.45) is 2.99. The highest BCUT2D eigenvalue weighted by molar-refractivity contribution is 9.10. The van der Waals surface area contributed by atoms with Crippen molar-refractivity contribution in [2.45, 2.75) is 13.3 Å². The second kappa shape index (κ2) is 2.90. The SMILES string of the molecule is CCc1nc(Br)c2ccccn12. The van der Waals surface area contributed by atoms with Crippen LogP contribution in [0.2, 0.25) is 0 Å². The normalized spacial score (nSPS) is 10.8. The summed E-state index contributed by atoms with van der Waals surface area (Å²) in [7, 11) is 0. The van der Waals surface area contributed by atoms with Gasteiger partial charge >= 0.3 is 0 Å². The number of hydrogen-bond acceptors (Lipinski definition) is 1. The van der Waals surface area contributed by atoms with E-state index in [0.29, 0.717) is 0 Å². The molecule has 0 unspecified atom stereocenters. The lowest BCUT2D eigenvalue weighted by molar-refractivity contribution is 0.931. The van der Waals surface area contributed by atoms with Crippen molar-refractivity contribution in [2.75, 3.05) is 0 Å². The van der Waals surface area contributed by atoms with Crippen LogP contribution in [0.5, 0.6) is 0 Å². The van der Waals surface area contributed by atoms with Gasteiger partial charge in [0.1, 0.15) is 10.4 Å². The molecule has 2 nitrogen and oxygen atoms in total. The molecule has 2 aromatic rings. The van der Waals surface area contributed by atoms with Gasteiger partial charge in [-0.15, -0.1) is 0 Å². The Bertz CT molecular complexity index is 406. The molecule has 2 aromatic heterocycles. The predicted octanol–water partition coefficient (Wildman–Crippen LogP) is 2.66. The smallest absolute Gasteiger partial charge is 0.132 e. The number of imidazole rings is 1. The van der Waals surface area contributed by atoms with Crippen molar-refractivity contribution in [1.29, 1.82) is 0 Å². The molecule has 12 heavy (non-hydrogen) atoms. The van der Waals surface area contributed by atoms with E-state index in [1.807, 2.05) is 18.3 Å². The average molecular weight is 225 g/mol. The number of hydrogen-bond donors (Lipinski definition) is 0. The summed E-state index contributed by atoms with van der Waals surface area (Å²) in [4.78, 5) is 4.39. The van der Waals surface area contributed by atoms with Crippen LogP contribution >= 0.6 is 15.9 Å². The first-order chi connectivity index (χ1) is 5.83. The maximum Gasteiger partial charge on any atom is 0.132 e. The van der Waals surface area contributed by atoms with E-state index in [1.165, 1.54) is 0 Å². The standard InChI is InChI=1S/C9H9BrN2/c1-2-8-11-9(10)7-5-3-4-6-12(7)8/h3-6H,2H2,1H3. The zero-order valence-electron chi connectivity index (χ0n) is 6.79. The Morgan fingerprint density at radius 2 is 2.33 bits per heavy atom. The molecule has 0 N–H and O–H groups in total. The molecule has 0 bridgehead atoms. The summed E-state index contributed by atoms with van der Waals surface area (Å²) in [5, 5.41) is 0. The summed E-state index contributed by atoms with van der Waals surface area (Å²) in [6, 6.07) is 6.08. The summed E-state index contributed by atoms with van der Waals surface area (Å²) in [5.41, 5.74) is 1.13. The predicted molar refractivity (Wildman–Crippen MR) is 52.3 cm³/mol. The monoisotopic (exact) mass is 224 g/mol. The van der Waals surface area contributed by atoms with Gasteiger partial charge < -0.3 is 4.40 Å². The lowest BCUT2D eigenvalue weighted by Crippen LogP contribution is -1.90. The summed E-state index contributed by atoms with van der Waals surface area (Å²) >= 11 is 3.43. The first kappa shape index (κ1) is 7.80. The number of rotatable bonds is 1. The van der Waals surface area contributed by atoms with Crippen molar-refractivity contribution >= 4 is 21.4 Å². The van der Waals surface area contributed by atoms with E-state index in [-0.39, 0.29) is 0 Å². The summed E-state index contributed by atoms with van der Waals surface area (Å²) < 4.78 is 3.03. The molecule has 0 amide bonds. The van der Waals surface area contributed by atoms with Crippen LogP contribution in [0.15, 0.2) is 29.0 Å². The van der Waals surface area contributed by atoms with Crippen molar-refractivity contribution in [3.8, 4) is 0 Å². The second-order valence-corrected chi connectivity index (χ2v) is 3.38. The van der Waals surface area contributed by atoms with E-state index in [4.69, 9.17) is 0 Å². The molecular formula is C9H9BrN2. The van der Waals surface area contributed by atoms with Crippen LogP contribution in [0.1, 0.15) is 12.7 Å². The van der Waals surface area contributed by atoms with Gasteiger partial charge in [-0.2, -0.15) is 0 Å². The van der Waals surface area contributed by atoms with Gasteiger partial charge in [-0.05, 0) is 28.1 Å². The van der Waals surface area contributed by atoms with Crippen LogP contribution in [0, 0.1) is 0 Å². The number of aromatic nitrogens is 2. The third-order valence-corrected chi connectivity index (χ3v) is 2.48. The Morgan fingerprint density at radius 1 is 1.50 bits per heavy atom. The number of nitrogens with zero attached hydrogens (tertiary/aromatic N) is 2. The Hall–Kier alpha value is -0.830. The molecule has 0 spiro atoms. The fourth-order valence-corrected chi connectivity index (χ4v) is 1.84. The average Bonchev–Trinajstić information content (AvgIpc) is 2.44. The van der Waals surface area contributed by atoms with Crippen LogP contribution in [0.4, 0.5) is 0 Å². The van der Waals surface area contributed by atoms with Crippen molar-refractivity contribution in [3.05, 3.63) is 34.8 Å². The van der Waals surface area contributed by atoms with E-state index in [0.717, 1.165) is 22.4 Å². The van der Waals surface area contributed by atoms with Crippen molar-refractivity contribution in [2.24, 2.45) is 0 Å². The van der Waals surface area contributed by atoms with Crippen molar-refractivity contribution in [1.82, 2.24) is 9.38 Å². The number of fused-ring (bicyclic) bond motifs is 1. The first-order valence-electron chi connectivity index (χ1n) is 3.94. The van der Waals surface area contributed by atoms with Crippen LogP contribution in [0.25, 0.3) is 5.52 Å². The molecule has 0 aliphatic carbocycles. The number of pyridine rings is 1. The van der Waals surface area contributed by atoms with E-state index < -0.39 is 0 Å². The van der Waals surface area contributed by atoms with Gasteiger partial charge in [-0.1, -0.05) is 13.0 Å². The van der Waals surface area contributed by atoms with Crippen LogP contribution in [0.3, 0.4) is 0 Å². The molecule has 0 aliphatic rings. The third kappa shape index (κ3) is 1.05. The molecule has 2 heterocycles. The quantitative estimate of drug-likeness (QED) is 0.729. The van der Waals surface area contributed by atoms with Gasteiger partial charge in [-0.3, -0.25) is 0 Å². The van der Waals surface area contributed by atoms with Gasteiger partial charge in [0.05, 0.1) is 5.52 Å². The Kier molecular flexibility index (Phi) is 1.89. The molecular weight excluding hydrogens is 216 g/mol. The molecule has 0 atom stereocenters. The highest BCUT2D eigenvalue weighted by Gasteiger charge is 2.04. The van der Waals surface area contributed by atoms with E-state index in [9.17, 15) is 0 Å². The fraction of sp³-hybridized carbons (Fsp3) is 0.222. The zero-order valence-corrected chi connectivity index (χ0v) is 8.37. The minimum atomic E-state index is 0.931. The van der Waals surface area contributed by atoms with Gasteiger partial charge in [0.2, 0.25) is 0 Å². The van der Waals surface area contributed by atoms with Crippen LogP contribution in [-0.4, -0.2) is 9.38 Å². The minimum absolute atomic E-state index is 0.931. The molecule has 0 saturated heterocycles. The third-order valence-electron chi connectivity index (χ3n) is 1.89. The van der Waals surface area contributed by atoms with Gasteiger partial charge in [0, 0.05) is 12.6 Å². The van der Waals surface area contributed by atoms with Gasteiger partial charge in [0.15, 0.2) is 0 Å². The van der Waals surface area contributed by atoms with Crippen LogP contribution in [-0.2, 0) is 6.42 Å². The molecule has 0 saturated carbocycles. The maximum absolute atomic E-state index is 4.39.